The summed E-state index contributed by atoms with van der Waals surface area (Å²) in [5, 5.41) is 10.7. The monoisotopic (exact) mass is 401 g/mol. The number of nitrogen functional groups attached to an aromatic ring is 1. The topological polar surface area (TPSA) is 95.1 Å². The Kier molecular flexibility index (Phi) is 6.15. The predicted molar refractivity (Wildman–Crippen MR) is 106 cm³/mol. The van der Waals surface area contributed by atoms with Gasteiger partial charge >= 0.3 is 0 Å². The van der Waals surface area contributed by atoms with Crippen LogP contribution in [0.1, 0.15) is 12.5 Å². The van der Waals surface area contributed by atoms with Gasteiger partial charge in [-0.1, -0.05) is 36.0 Å². The highest BCUT2D eigenvalue weighted by molar-refractivity contribution is 8.00. The van der Waals surface area contributed by atoms with Crippen LogP contribution < -0.4 is 15.9 Å². The fourth-order valence-corrected chi connectivity index (χ4v) is 3.27. The molecule has 0 spiro atoms. The Morgan fingerprint density at radius 2 is 1.96 bits per heavy atom. The van der Waals surface area contributed by atoms with Crippen LogP contribution in [0.25, 0.3) is 11.4 Å². The SMILES string of the molecule is COc1ccc(CNC(=O)[C@H](C)Sc2nnc(-c3ccccc3F)n2N)cc1. The third kappa shape index (κ3) is 4.42. The first kappa shape index (κ1) is 19.7. The van der Waals surface area contributed by atoms with Crippen molar-refractivity contribution in [2.24, 2.45) is 0 Å². The van der Waals surface area contributed by atoms with E-state index in [0.717, 1.165) is 23.1 Å². The van der Waals surface area contributed by atoms with Crippen LogP contribution >= 0.6 is 11.8 Å². The third-order valence-electron chi connectivity index (χ3n) is 4.06. The molecule has 3 aromatic rings. The molecular formula is C19H20FN5O2S. The average Bonchev–Trinajstić information content (AvgIpc) is 3.07. The maximum atomic E-state index is 13.9. The number of nitrogens with two attached hydrogens (primary N) is 1. The first-order valence-electron chi connectivity index (χ1n) is 8.52. The van der Waals surface area contributed by atoms with Crippen molar-refractivity contribution in [3.05, 3.63) is 59.9 Å². The molecule has 1 amide bonds. The van der Waals surface area contributed by atoms with Gasteiger partial charge in [0.15, 0.2) is 5.82 Å². The normalized spacial score (nSPS) is 11.8. The van der Waals surface area contributed by atoms with E-state index in [-0.39, 0.29) is 17.3 Å². The van der Waals surface area contributed by atoms with Crippen LogP contribution in [0.5, 0.6) is 5.75 Å². The standard InChI is InChI=1S/C19H20FN5O2S/c1-12(18(26)22-11-13-7-9-14(27-2)10-8-13)28-19-24-23-17(25(19)21)15-5-3-4-6-16(15)20/h3-10,12H,11,21H2,1-2H3,(H,22,26)/t12-/m0/s1. The number of amides is 1. The molecule has 28 heavy (non-hydrogen) atoms. The lowest BCUT2D eigenvalue weighted by Crippen LogP contribution is -2.30. The molecule has 1 atom stereocenters. The largest absolute Gasteiger partial charge is 0.497 e. The Labute approximate surface area is 166 Å². The minimum Gasteiger partial charge on any atom is -0.497 e. The summed E-state index contributed by atoms with van der Waals surface area (Å²) in [4.78, 5) is 12.4. The van der Waals surface area contributed by atoms with E-state index in [1.165, 1.54) is 10.7 Å². The van der Waals surface area contributed by atoms with E-state index >= 15 is 0 Å². The van der Waals surface area contributed by atoms with Crippen molar-refractivity contribution >= 4 is 17.7 Å². The van der Waals surface area contributed by atoms with Gasteiger partial charge in [0.1, 0.15) is 11.6 Å². The summed E-state index contributed by atoms with van der Waals surface area (Å²) in [6, 6.07) is 13.6. The van der Waals surface area contributed by atoms with Gasteiger partial charge < -0.3 is 15.9 Å². The number of aromatic nitrogens is 3. The maximum Gasteiger partial charge on any atom is 0.233 e. The van der Waals surface area contributed by atoms with Gasteiger partial charge in [0.25, 0.3) is 0 Å². The summed E-state index contributed by atoms with van der Waals surface area (Å²) >= 11 is 1.15. The number of benzene rings is 2. The zero-order chi connectivity index (χ0) is 20.1. The number of carbonyl (C=O) groups excluding carboxylic acids is 1. The van der Waals surface area contributed by atoms with Gasteiger partial charge in [-0.2, -0.15) is 0 Å². The highest BCUT2D eigenvalue weighted by Crippen LogP contribution is 2.26. The fourth-order valence-electron chi connectivity index (χ4n) is 2.47. The highest BCUT2D eigenvalue weighted by atomic mass is 32.2. The summed E-state index contributed by atoms with van der Waals surface area (Å²) in [6.45, 7) is 2.13. The summed E-state index contributed by atoms with van der Waals surface area (Å²) in [5.41, 5.74) is 1.20. The molecule has 0 saturated heterocycles. The van der Waals surface area contributed by atoms with Crippen LogP contribution in [-0.4, -0.2) is 33.1 Å². The number of hydrogen-bond donors (Lipinski definition) is 2. The van der Waals surface area contributed by atoms with Gasteiger partial charge in [0.05, 0.1) is 17.9 Å². The molecule has 1 heterocycles. The summed E-state index contributed by atoms with van der Waals surface area (Å²) in [7, 11) is 1.60. The minimum atomic E-state index is -0.460. The Bertz CT molecular complexity index is 961. The smallest absolute Gasteiger partial charge is 0.233 e. The number of nitrogens with zero attached hydrogens (tertiary/aromatic N) is 3. The van der Waals surface area contributed by atoms with Crippen molar-refractivity contribution in [2.75, 3.05) is 13.0 Å². The van der Waals surface area contributed by atoms with Gasteiger partial charge in [-0.25, -0.2) is 9.07 Å². The van der Waals surface area contributed by atoms with Crippen LogP contribution in [0.2, 0.25) is 0 Å². The van der Waals surface area contributed by atoms with Crippen LogP contribution in [0.15, 0.2) is 53.7 Å². The minimum absolute atomic E-state index is 0.170. The average molecular weight is 401 g/mol. The zero-order valence-electron chi connectivity index (χ0n) is 15.4. The molecule has 3 N–H and O–H groups in total. The number of nitrogens with one attached hydrogen (secondary N) is 1. The molecule has 0 unspecified atom stereocenters. The molecule has 0 aliphatic carbocycles. The van der Waals surface area contributed by atoms with Gasteiger partial charge in [-0.15, -0.1) is 10.2 Å². The highest BCUT2D eigenvalue weighted by Gasteiger charge is 2.20. The second-order valence-electron chi connectivity index (χ2n) is 5.98. The van der Waals surface area contributed by atoms with Gasteiger partial charge in [0, 0.05) is 6.54 Å². The Balaban J connectivity index is 1.62. The van der Waals surface area contributed by atoms with Crippen LogP contribution in [-0.2, 0) is 11.3 Å². The number of ether oxygens (including phenoxy) is 1. The summed E-state index contributed by atoms with van der Waals surface area (Å²) < 4.78 is 20.3. The van der Waals surface area contributed by atoms with Gasteiger partial charge in [0.2, 0.25) is 11.1 Å². The Morgan fingerprint density at radius 1 is 1.25 bits per heavy atom. The zero-order valence-corrected chi connectivity index (χ0v) is 16.2. The fraction of sp³-hybridized carbons (Fsp3) is 0.211. The van der Waals surface area contributed by atoms with E-state index in [0.29, 0.717) is 11.7 Å². The lowest BCUT2D eigenvalue weighted by molar-refractivity contribution is -0.120. The molecule has 0 bridgehead atoms. The molecule has 9 heteroatoms. The maximum absolute atomic E-state index is 13.9. The van der Waals surface area contributed by atoms with Crippen molar-refractivity contribution in [1.82, 2.24) is 20.2 Å². The number of rotatable bonds is 7. The molecule has 7 nitrogen and oxygen atoms in total. The number of halogens is 1. The van der Waals surface area contributed by atoms with Crippen molar-refractivity contribution in [2.45, 2.75) is 23.9 Å². The molecule has 0 radical (unpaired) electrons. The van der Waals surface area contributed by atoms with E-state index in [4.69, 9.17) is 10.6 Å². The van der Waals surface area contributed by atoms with E-state index in [1.54, 1.807) is 32.2 Å². The molecular weight excluding hydrogens is 381 g/mol. The number of carbonyl (C=O) groups is 1. The predicted octanol–water partition coefficient (Wildman–Crippen LogP) is 2.60. The van der Waals surface area contributed by atoms with E-state index in [1.807, 2.05) is 24.3 Å². The lowest BCUT2D eigenvalue weighted by atomic mass is 10.2. The molecule has 0 aliphatic rings. The van der Waals surface area contributed by atoms with Crippen molar-refractivity contribution in [1.29, 1.82) is 0 Å². The first-order chi connectivity index (χ1) is 13.5. The molecule has 0 aliphatic heterocycles. The van der Waals surface area contributed by atoms with Crippen LogP contribution in [0.4, 0.5) is 4.39 Å². The molecule has 146 valence electrons. The van der Waals surface area contributed by atoms with E-state index in [2.05, 4.69) is 15.5 Å². The third-order valence-corrected chi connectivity index (χ3v) is 5.11. The second-order valence-corrected chi connectivity index (χ2v) is 7.29. The molecule has 1 aromatic heterocycles. The Hall–Kier alpha value is -3.07. The van der Waals surface area contributed by atoms with Gasteiger partial charge in [-0.3, -0.25) is 4.79 Å². The quantitative estimate of drug-likeness (QED) is 0.467. The number of thioether (sulfide) groups is 1. The first-order valence-corrected chi connectivity index (χ1v) is 9.40. The molecule has 0 fully saturated rings. The van der Waals surface area contributed by atoms with E-state index < -0.39 is 11.1 Å². The lowest BCUT2D eigenvalue weighted by Gasteiger charge is -2.12. The van der Waals surface area contributed by atoms with Gasteiger partial charge in [-0.05, 0) is 36.8 Å². The second kappa shape index (κ2) is 8.75. The number of hydrogen-bond acceptors (Lipinski definition) is 6. The van der Waals surface area contributed by atoms with E-state index in [9.17, 15) is 9.18 Å². The Morgan fingerprint density at radius 3 is 2.64 bits per heavy atom. The summed E-state index contributed by atoms with van der Waals surface area (Å²) in [6.07, 6.45) is 0. The van der Waals surface area contributed by atoms with Crippen LogP contribution in [0.3, 0.4) is 0 Å². The molecule has 0 saturated carbocycles. The van der Waals surface area contributed by atoms with Crippen molar-refractivity contribution < 1.29 is 13.9 Å². The van der Waals surface area contributed by atoms with Crippen molar-refractivity contribution in [3.8, 4) is 17.1 Å². The van der Waals surface area contributed by atoms with Crippen molar-refractivity contribution in [3.63, 3.8) is 0 Å². The van der Waals surface area contributed by atoms with Crippen LogP contribution in [0, 0.1) is 5.82 Å². The summed E-state index contributed by atoms with van der Waals surface area (Å²) in [5.74, 6) is 6.35. The molecule has 2 aromatic carbocycles. The molecule has 3 rings (SSSR count). The number of methoxy groups -OCH3 is 1.